The number of amides is 1. The fraction of sp³-hybridized carbons (Fsp3) is 0.706. The number of thiophene rings is 1. The lowest BCUT2D eigenvalue weighted by Gasteiger charge is -2.09. The fourth-order valence-electron chi connectivity index (χ4n) is 3.16. The molecule has 1 aromatic rings. The van der Waals surface area contributed by atoms with Gasteiger partial charge in [0.1, 0.15) is 0 Å². The van der Waals surface area contributed by atoms with Crippen LogP contribution in [0, 0.1) is 5.92 Å². The first-order valence-corrected chi connectivity index (χ1v) is 9.01. The van der Waals surface area contributed by atoms with Gasteiger partial charge in [-0.15, -0.1) is 11.3 Å². The van der Waals surface area contributed by atoms with Crippen LogP contribution in [0.1, 0.15) is 67.5 Å². The highest BCUT2D eigenvalue weighted by Gasteiger charge is 2.27. The minimum absolute atomic E-state index is 0.484. The smallest absolute Gasteiger partial charge is 0.404 e. The quantitative estimate of drug-likeness (QED) is 0.698. The van der Waals surface area contributed by atoms with Gasteiger partial charge < -0.3 is 10.5 Å². The predicted molar refractivity (Wildman–Crippen MR) is 87.8 cm³/mol. The SMILES string of the molecule is CCCCCCc1ccc([C@H]2CC[C@H](COC(N)=O)C2)s1. The van der Waals surface area contributed by atoms with E-state index in [1.807, 2.05) is 11.3 Å². The van der Waals surface area contributed by atoms with Gasteiger partial charge in [-0.3, -0.25) is 0 Å². The molecular formula is C17H27NO2S. The van der Waals surface area contributed by atoms with E-state index in [1.54, 1.807) is 0 Å². The van der Waals surface area contributed by atoms with Crippen molar-refractivity contribution in [2.75, 3.05) is 6.61 Å². The van der Waals surface area contributed by atoms with Gasteiger partial charge in [0.2, 0.25) is 0 Å². The molecule has 2 atom stereocenters. The van der Waals surface area contributed by atoms with Gasteiger partial charge in [0.15, 0.2) is 0 Å². The maximum Gasteiger partial charge on any atom is 0.404 e. The maximum absolute atomic E-state index is 10.7. The molecule has 1 heterocycles. The number of nitrogens with two attached hydrogens (primary N) is 1. The van der Waals surface area contributed by atoms with Crippen LogP contribution >= 0.6 is 11.3 Å². The van der Waals surface area contributed by atoms with Crippen LogP contribution in [0.25, 0.3) is 0 Å². The van der Waals surface area contributed by atoms with Gasteiger partial charge >= 0.3 is 6.09 Å². The predicted octanol–water partition coefficient (Wildman–Crippen LogP) is 4.85. The third-order valence-electron chi connectivity index (χ3n) is 4.36. The van der Waals surface area contributed by atoms with Crippen molar-refractivity contribution in [2.45, 2.75) is 64.2 Å². The molecule has 0 aromatic carbocycles. The van der Waals surface area contributed by atoms with Crippen LogP contribution in [-0.4, -0.2) is 12.7 Å². The molecule has 2 N–H and O–H groups in total. The van der Waals surface area contributed by atoms with E-state index in [-0.39, 0.29) is 0 Å². The normalized spacial score (nSPS) is 21.6. The number of rotatable bonds is 8. The van der Waals surface area contributed by atoms with Crippen LogP contribution in [0.2, 0.25) is 0 Å². The second-order valence-corrected chi connectivity index (χ2v) is 7.32. The van der Waals surface area contributed by atoms with Gasteiger partial charge in [0, 0.05) is 9.75 Å². The number of primary amides is 1. The van der Waals surface area contributed by atoms with Gasteiger partial charge in [0.25, 0.3) is 0 Å². The van der Waals surface area contributed by atoms with Crippen LogP contribution in [0.3, 0.4) is 0 Å². The summed E-state index contributed by atoms with van der Waals surface area (Å²) in [5.41, 5.74) is 5.03. The molecule has 0 spiro atoms. The van der Waals surface area contributed by atoms with E-state index < -0.39 is 6.09 Å². The molecule has 3 nitrogen and oxygen atoms in total. The Morgan fingerprint density at radius 2 is 2.19 bits per heavy atom. The van der Waals surface area contributed by atoms with Gasteiger partial charge in [0.05, 0.1) is 6.61 Å². The molecule has 4 heteroatoms. The van der Waals surface area contributed by atoms with E-state index in [0.717, 1.165) is 12.8 Å². The van der Waals surface area contributed by atoms with E-state index in [2.05, 4.69) is 19.1 Å². The van der Waals surface area contributed by atoms with Crippen molar-refractivity contribution in [3.63, 3.8) is 0 Å². The van der Waals surface area contributed by atoms with Crippen molar-refractivity contribution in [1.29, 1.82) is 0 Å². The number of hydrogen-bond donors (Lipinski definition) is 1. The highest BCUT2D eigenvalue weighted by molar-refractivity contribution is 7.12. The summed E-state index contributed by atoms with van der Waals surface area (Å²) in [5, 5.41) is 0. The number of hydrogen-bond acceptors (Lipinski definition) is 3. The molecule has 0 saturated heterocycles. The molecule has 1 amide bonds. The van der Waals surface area contributed by atoms with Crippen molar-refractivity contribution >= 4 is 17.4 Å². The van der Waals surface area contributed by atoms with Crippen LogP contribution in [0.15, 0.2) is 12.1 Å². The number of unbranched alkanes of at least 4 members (excludes halogenated alkanes) is 3. The summed E-state index contributed by atoms with van der Waals surface area (Å²) in [4.78, 5) is 13.7. The lowest BCUT2D eigenvalue weighted by atomic mass is 10.0. The summed E-state index contributed by atoms with van der Waals surface area (Å²) in [6, 6.07) is 4.61. The van der Waals surface area contributed by atoms with Crippen molar-refractivity contribution in [2.24, 2.45) is 11.7 Å². The van der Waals surface area contributed by atoms with E-state index in [0.29, 0.717) is 18.4 Å². The summed E-state index contributed by atoms with van der Waals surface area (Å²) in [5.74, 6) is 1.14. The lowest BCUT2D eigenvalue weighted by molar-refractivity contribution is 0.137. The maximum atomic E-state index is 10.7. The van der Waals surface area contributed by atoms with Crippen molar-refractivity contribution in [3.05, 3.63) is 21.9 Å². The Bertz CT molecular complexity index is 444. The van der Waals surface area contributed by atoms with Crippen molar-refractivity contribution in [3.8, 4) is 0 Å². The molecule has 21 heavy (non-hydrogen) atoms. The Morgan fingerprint density at radius 1 is 1.33 bits per heavy atom. The third-order valence-corrected chi connectivity index (χ3v) is 5.67. The molecular weight excluding hydrogens is 282 g/mol. The summed E-state index contributed by atoms with van der Waals surface area (Å²) < 4.78 is 4.93. The van der Waals surface area contributed by atoms with Crippen LogP contribution in [-0.2, 0) is 11.2 Å². The first kappa shape index (κ1) is 16.3. The Kier molecular flexibility index (Phi) is 6.55. The zero-order chi connectivity index (χ0) is 15.1. The Morgan fingerprint density at radius 3 is 2.95 bits per heavy atom. The van der Waals surface area contributed by atoms with Crippen LogP contribution in [0.5, 0.6) is 0 Å². The molecule has 2 rings (SSSR count). The van der Waals surface area contributed by atoms with Gasteiger partial charge in [-0.05, 0) is 56.1 Å². The van der Waals surface area contributed by atoms with E-state index in [9.17, 15) is 4.79 Å². The van der Waals surface area contributed by atoms with Crippen molar-refractivity contribution < 1.29 is 9.53 Å². The standard InChI is InChI=1S/C17H27NO2S/c1-2-3-4-5-6-15-9-10-16(21-15)14-8-7-13(11-14)12-20-17(18)19/h9-10,13-14H,2-8,11-12H2,1H3,(H2,18,19)/t13-,14-/m0/s1. The minimum Gasteiger partial charge on any atom is -0.449 e. The molecule has 1 saturated carbocycles. The van der Waals surface area contributed by atoms with E-state index >= 15 is 0 Å². The third kappa shape index (κ3) is 5.34. The monoisotopic (exact) mass is 309 g/mol. The zero-order valence-electron chi connectivity index (χ0n) is 13.0. The molecule has 1 aromatic heterocycles. The number of ether oxygens (including phenoxy) is 1. The van der Waals surface area contributed by atoms with E-state index in [1.165, 1.54) is 48.3 Å². The number of aryl methyl sites for hydroxylation is 1. The molecule has 1 aliphatic rings. The molecule has 1 fully saturated rings. The fourth-order valence-corrected chi connectivity index (χ4v) is 4.36. The summed E-state index contributed by atoms with van der Waals surface area (Å²) >= 11 is 1.98. The lowest BCUT2D eigenvalue weighted by Crippen LogP contribution is -2.17. The summed E-state index contributed by atoms with van der Waals surface area (Å²) in [6.45, 7) is 2.74. The molecule has 1 aliphatic carbocycles. The molecule has 0 radical (unpaired) electrons. The second-order valence-electron chi connectivity index (χ2n) is 6.12. The van der Waals surface area contributed by atoms with Crippen LogP contribution < -0.4 is 5.73 Å². The van der Waals surface area contributed by atoms with Gasteiger partial charge in [-0.25, -0.2) is 4.79 Å². The Balaban J connectivity index is 1.75. The largest absolute Gasteiger partial charge is 0.449 e. The van der Waals surface area contributed by atoms with E-state index in [4.69, 9.17) is 10.5 Å². The zero-order valence-corrected chi connectivity index (χ0v) is 13.8. The average Bonchev–Trinajstić information content (AvgIpc) is 3.10. The Labute approximate surface area is 131 Å². The molecule has 0 unspecified atom stereocenters. The van der Waals surface area contributed by atoms with Crippen LogP contribution in [0.4, 0.5) is 4.79 Å². The number of carbonyl (C=O) groups is 1. The first-order chi connectivity index (χ1) is 10.2. The van der Waals surface area contributed by atoms with Gasteiger partial charge in [-0.1, -0.05) is 26.2 Å². The molecule has 0 bridgehead atoms. The highest BCUT2D eigenvalue weighted by Crippen LogP contribution is 2.41. The summed E-state index contributed by atoms with van der Waals surface area (Å²) in [7, 11) is 0. The summed E-state index contributed by atoms with van der Waals surface area (Å²) in [6.07, 6.45) is 9.37. The van der Waals surface area contributed by atoms with Gasteiger partial charge in [-0.2, -0.15) is 0 Å². The van der Waals surface area contributed by atoms with Crippen molar-refractivity contribution in [1.82, 2.24) is 0 Å². The average molecular weight is 309 g/mol. The Hall–Kier alpha value is -1.03. The topological polar surface area (TPSA) is 52.3 Å². The minimum atomic E-state index is -0.649. The molecule has 118 valence electrons. The second kappa shape index (κ2) is 8.42. The molecule has 0 aliphatic heterocycles. The number of carbonyl (C=O) groups excluding carboxylic acids is 1. The highest BCUT2D eigenvalue weighted by atomic mass is 32.1. The first-order valence-electron chi connectivity index (χ1n) is 8.20.